The van der Waals surface area contributed by atoms with Crippen molar-refractivity contribution in [1.82, 2.24) is 9.80 Å². The Hall–Kier alpha value is -2.49. The van der Waals surface area contributed by atoms with Gasteiger partial charge < -0.3 is 14.4 Å². The van der Waals surface area contributed by atoms with Gasteiger partial charge in [-0.2, -0.15) is 13.2 Å². The second kappa shape index (κ2) is 11.5. The van der Waals surface area contributed by atoms with Crippen molar-refractivity contribution in [2.24, 2.45) is 5.92 Å². The third-order valence-electron chi connectivity index (χ3n) is 7.77. The van der Waals surface area contributed by atoms with Crippen LogP contribution in [0.2, 0.25) is 0 Å². The number of halogens is 4. The second-order valence-electron chi connectivity index (χ2n) is 9.96. The van der Waals surface area contributed by atoms with Crippen LogP contribution in [0.4, 0.5) is 17.6 Å². The van der Waals surface area contributed by atoms with E-state index in [9.17, 15) is 22.4 Å². The number of methoxy groups -OCH3 is 1. The summed E-state index contributed by atoms with van der Waals surface area (Å²) in [7, 11) is 0.926. The first-order valence-corrected chi connectivity index (χ1v) is 12.7. The first-order valence-electron chi connectivity index (χ1n) is 12.7. The van der Waals surface area contributed by atoms with Crippen LogP contribution < -0.4 is 0 Å². The largest absolute Gasteiger partial charge is 0.430 e. The Morgan fingerprint density at radius 1 is 1.05 bits per heavy atom. The van der Waals surface area contributed by atoms with Gasteiger partial charge in [0.1, 0.15) is 5.82 Å². The molecule has 5 nitrogen and oxygen atoms in total. The number of benzene rings is 2. The smallest absolute Gasteiger partial charge is 0.373 e. The van der Waals surface area contributed by atoms with Gasteiger partial charge in [-0.1, -0.05) is 42.5 Å². The Morgan fingerprint density at radius 2 is 1.70 bits per heavy atom. The van der Waals surface area contributed by atoms with Crippen LogP contribution in [0.25, 0.3) is 0 Å². The molecule has 202 valence electrons. The number of carbonyl (C=O) groups excluding carboxylic acids is 1. The normalized spacial score (nSPS) is 22.4. The number of morpholine rings is 1. The molecule has 0 spiro atoms. The SMILES string of the molecule is CO[C@@](C(=O)N1CCO[C@@H](C(C)N2CCC(Cc3ccc(F)cc3)CC2)C1)(c1ccccc1)C(F)(F)F. The van der Waals surface area contributed by atoms with Gasteiger partial charge >= 0.3 is 6.18 Å². The van der Waals surface area contributed by atoms with Gasteiger partial charge in [0.25, 0.3) is 11.5 Å². The number of hydrogen-bond donors (Lipinski definition) is 0. The van der Waals surface area contributed by atoms with E-state index < -0.39 is 23.8 Å². The van der Waals surface area contributed by atoms with Gasteiger partial charge in [0.15, 0.2) is 0 Å². The van der Waals surface area contributed by atoms with Crippen molar-refractivity contribution in [2.75, 3.05) is 39.9 Å². The minimum atomic E-state index is -4.94. The number of carbonyl (C=O) groups is 1. The molecule has 0 saturated carbocycles. The zero-order valence-corrected chi connectivity index (χ0v) is 21.2. The Morgan fingerprint density at radius 3 is 2.30 bits per heavy atom. The van der Waals surface area contributed by atoms with E-state index in [1.54, 1.807) is 6.07 Å². The number of amides is 1. The van der Waals surface area contributed by atoms with Gasteiger partial charge in [-0.3, -0.25) is 9.69 Å². The molecule has 2 aromatic rings. The van der Waals surface area contributed by atoms with Crippen molar-refractivity contribution < 1.29 is 31.8 Å². The highest BCUT2D eigenvalue weighted by Gasteiger charge is 2.64. The van der Waals surface area contributed by atoms with E-state index in [4.69, 9.17) is 9.47 Å². The molecule has 2 aromatic carbocycles. The lowest BCUT2D eigenvalue weighted by atomic mass is 9.89. The maximum absolute atomic E-state index is 14.4. The van der Waals surface area contributed by atoms with Crippen molar-refractivity contribution in [3.05, 3.63) is 71.5 Å². The molecular formula is C28H34F4N2O3. The van der Waals surface area contributed by atoms with Crippen molar-refractivity contribution in [2.45, 2.75) is 50.1 Å². The Balaban J connectivity index is 1.40. The fourth-order valence-electron chi connectivity index (χ4n) is 5.53. The monoisotopic (exact) mass is 522 g/mol. The number of piperidine rings is 1. The summed E-state index contributed by atoms with van der Waals surface area (Å²) < 4.78 is 67.3. The van der Waals surface area contributed by atoms with E-state index in [2.05, 4.69) is 4.90 Å². The molecule has 0 N–H and O–H groups in total. The van der Waals surface area contributed by atoms with Crippen molar-refractivity contribution in [3.63, 3.8) is 0 Å². The fraction of sp³-hybridized carbons (Fsp3) is 0.536. The van der Waals surface area contributed by atoms with Gasteiger partial charge in [-0.05, 0) is 62.9 Å². The first kappa shape index (κ1) is 27.5. The third kappa shape index (κ3) is 5.84. The quantitative estimate of drug-likeness (QED) is 0.490. The molecule has 37 heavy (non-hydrogen) atoms. The molecule has 4 rings (SSSR count). The number of nitrogens with zero attached hydrogens (tertiary/aromatic N) is 2. The summed E-state index contributed by atoms with van der Waals surface area (Å²) in [5.74, 6) is -0.874. The van der Waals surface area contributed by atoms with E-state index in [1.807, 2.05) is 19.1 Å². The highest BCUT2D eigenvalue weighted by atomic mass is 19.4. The summed E-state index contributed by atoms with van der Waals surface area (Å²) in [6.07, 6.45) is -2.53. The fourth-order valence-corrected chi connectivity index (χ4v) is 5.53. The first-order chi connectivity index (χ1) is 17.7. The topological polar surface area (TPSA) is 42.0 Å². The van der Waals surface area contributed by atoms with Crippen molar-refractivity contribution in [1.29, 1.82) is 0 Å². The zero-order chi connectivity index (χ0) is 26.6. The van der Waals surface area contributed by atoms with E-state index in [0.29, 0.717) is 5.92 Å². The number of alkyl halides is 3. The summed E-state index contributed by atoms with van der Waals surface area (Å²) in [5.41, 5.74) is -2.20. The summed E-state index contributed by atoms with van der Waals surface area (Å²) in [6.45, 7) is 3.95. The minimum Gasteiger partial charge on any atom is -0.373 e. The molecule has 0 aliphatic carbocycles. The van der Waals surface area contributed by atoms with Gasteiger partial charge in [0, 0.05) is 31.8 Å². The maximum Gasteiger partial charge on any atom is 0.430 e. The molecule has 3 atom stereocenters. The third-order valence-corrected chi connectivity index (χ3v) is 7.77. The average Bonchev–Trinajstić information content (AvgIpc) is 2.90. The van der Waals surface area contributed by atoms with Crippen LogP contribution in [0.15, 0.2) is 54.6 Å². The number of hydrogen-bond acceptors (Lipinski definition) is 4. The van der Waals surface area contributed by atoms with Crippen LogP contribution in [0, 0.1) is 11.7 Å². The van der Waals surface area contributed by atoms with Crippen LogP contribution in [-0.4, -0.2) is 73.9 Å². The number of rotatable bonds is 7. The highest BCUT2D eigenvalue weighted by molar-refractivity contribution is 5.88. The number of likely N-dealkylation sites (tertiary alicyclic amines) is 1. The molecule has 0 bridgehead atoms. The minimum absolute atomic E-state index is 0.0591. The predicted molar refractivity (Wildman–Crippen MR) is 131 cm³/mol. The summed E-state index contributed by atoms with van der Waals surface area (Å²) >= 11 is 0. The summed E-state index contributed by atoms with van der Waals surface area (Å²) in [6, 6.07) is 13.6. The molecule has 1 amide bonds. The lowest BCUT2D eigenvalue weighted by molar-refractivity contribution is -0.272. The van der Waals surface area contributed by atoms with Crippen LogP contribution in [0.5, 0.6) is 0 Å². The molecule has 2 fully saturated rings. The maximum atomic E-state index is 14.4. The van der Waals surface area contributed by atoms with E-state index in [1.165, 1.54) is 41.3 Å². The molecule has 2 saturated heterocycles. The van der Waals surface area contributed by atoms with Gasteiger partial charge in [-0.15, -0.1) is 0 Å². The Kier molecular flexibility index (Phi) is 8.56. The molecule has 0 radical (unpaired) electrons. The zero-order valence-electron chi connectivity index (χ0n) is 21.2. The van der Waals surface area contributed by atoms with E-state index in [0.717, 1.165) is 45.0 Å². The molecule has 9 heteroatoms. The lowest BCUT2D eigenvalue weighted by Gasteiger charge is -2.44. The molecule has 0 aromatic heterocycles. The van der Waals surface area contributed by atoms with Gasteiger partial charge in [-0.25, -0.2) is 4.39 Å². The van der Waals surface area contributed by atoms with Crippen LogP contribution in [0.1, 0.15) is 30.9 Å². The Labute approximate surface area is 215 Å². The molecule has 2 heterocycles. The molecule has 2 aliphatic rings. The van der Waals surface area contributed by atoms with Crippen LogP contribution >= 0.6 is 0 Å². The molecule has 2 aliphatic heterocycles. The standard InChI is InChI=1S/C28H34F4N2O3/c1-20(33-14-12-22(13-15-33)18-21-8-10-24(29)11-9-21)25-19-34(16-17-37-25)26(35)27(36-2,28(30,31)32)23-6-4-3-5-7-23/h3-11,20,22,25H,12-19H2,1-2H3/t20?,25-,27-/m1/s1. The summed E-state index contributed by atoms with van der Waals surface area (Å²) in [4.78, 5) is 17.0. The second-order valence-corrected chi connectivity index (χ2v) is 9.96. The van der Waals surface area contributed by atoms with Crippen LogP contribution in [0.3, 0.4) is 0 Å². The average molecular weight is 523 g/mol. The molecular weight excluding hydrogens is 488 g/mol. The van der Waals surface area contributed by atoms with Crippen molar-refractivity contribution >= 4 is 5.91 Å². The van der Waals surface area contributed by atoms with E-state index >= 15 is 0 Å². The van der Waals surface area contributed by atoms with Gasteiger partial charge in [0.05, 0.1) is 12.7 Å². The van der Waals surface area contributed by atoms with E-state index in [-0.39, 0.29) is 37.1 Å². The van der Waals surface area contributed by atoms with Crippen LogP contribution in [-0.2, 0) is 26.3 Å². The van der Waals surface area contributed by atoms with Crippen molar-refractivity contribution in [3.8, 4) is 0 Å². The predicted octanol–water partition coefficient (Wildman–Crippen LogP) is 4.80. The molecule has 1 unspecified atom stereocenters. The lowest BCUT2D eigenvalue weighted by Crippen LogP contribution is -2.61. The van der Waals surface area contributed by atoms with Gasteiger partial charge in [0.2, 0.25) is 0 Å². The highest BCUT2D eigenvalue weighted by Crippen LogP contribution is 2.43. The Bertz CT molecular complexity index is 1030. The number of ether oxygens (including phenoxy) is 2. The summed E-state index contributed by atoms with van der Waals surface area (Å²) in [5, 5.41) is 0.